The zero-order valence-electron chi connectivity index (χ0n) is 11.6. The van der Waals surface area contributed by atoms with E-state index in [0.29, 0.717) is 5.69 Å². The van der Waals surface area contributed by atoms with Gasteiger partial charge in [0.25, 0.3) is 5.91 Å². The van der Waals surface area contributed by atoms with Crippen molar-refractivity contribution in [3.05, 3.63) is 34.5 Å². The van der Waals surface area contributed by atoms with Crippen LogP contribution < -0.4 is 5.32 Å². The molecule has 0 fully saturated rings. The highest BCUT2D eigenvalue weighted by Gasteiger charge is 2.19. The first kappa shape index (κ1) is 15.0. The standard InChI is InChI=1S/C13H14N4O3S/c1-8(12(19)17-13-14-4-3-5-15-13)20-11(18)6-10-7-21-9(2)16-10/h3-5,7-8H,6H2,1-2H3,(H,14,15,17,19). The van der Waals surface area contributed by atoms with Gasteiger partial charge in [-0.2, -0.15) is 0 Å². The molecular weight excluding hydrogens is 292 g/mol. The van der Waals surface area contributed by atoms with E-state index in [-0.39, 0.29) is 12.4 Å². The van der Waals surface area contributed by atoms with Gasteiger partial charge in [-0.25, -0.2) is 15.0 Å². The normalized spacial score (nSPS) is 11.7. The number of nitrogens with zero attached hydrogens (tertiary/aromatic N) is 3. The number of esters is 1. The maximum absolute atomic E-state index is 11.8. The molecule has 110 valence electrons. The van der Waals surface area contributed by atoms with Gasteiger partial charge in [0.2, 0.25) is 5.95 Å². The van der Waals surface area contributed by atoms with Crippen molar-refractivity contribution in [1.29, 1.82) is 0 Å². The van der Waals surface area contributed by atoms with Crippen LogP contribution in [0.3, 0.4) is 0 Å². The van der Waals surface area contributed by atoms with Gasteiger partial charge < -0.3 is 4.74 Å². The number of aromatic nitrogens is 3. The minimum atomic E-state index is -0.930. The van der Waals surface area contributed by atoms with Gasteiger partial charge >= 0.3 is 5.97 Å². The van der Waals surface area contributed by atoms with Crippen molar-refractivity contribution < 1.29 is 14.3 Å². The monoisotopic (exact) mass is 306 g/mol. The average molecular weight is 306 g/mol. The third-order valence-corrected chi connectivity index (χ3v) is 3.29. The molecule has 8 heteroatoms. The SMILES string of the molecule is Cc1nc(CC(=O)OC(C)C(=O)Nc2ncccn2)cs1. The summed E-state index contributed by atoms with van der Waals surface area (Å²) in [5, 5.41) is 5.13. The second-order valence-electron chi connectivity index (χ2n) is 4.23. The van der Waals surface area contributed by atoms with E-state index in [1.165, 1.54) is 30.7 Å². The lowest BCUT2D eigenvalue weighted by molar-refractivity contribution is -0.152. The molecule has 0 radical (unpaired) electrons. The highest BCUT2D eigenvalue weighted by atomic mass is 32.1. The van der Waals surface area contributed by atoms with Crippen LogP contribution in [0.15, 0.2) is 23.8 Å². The van der Waals surface area contributed by atoms with E-state index >= 15 is 0 Å². The highest BCUT2D eigenvalue weighted by Crippen LogP contribution is 2.09. The summed E-state index contributed by atoms with van der Waals surface area (Å²) in [4.78, 5) is 35.4. The molecule has 2 heterocycles. The van der Waals surface area contributed by atoms with Crippen molar-refractivity contribution in [2.45, 2.75) is 26.4 Å². The van der Waals surface area contributed by atoms with E-state index in [9.17, 15) is 9.59 Å². The summed E-state index contributed by atoms with van der Waals surface area (Å²) in [5.74, 6) is -0.818. The van der Waals surface area contributed by atoms with E-state index in [1.54, 1.807) is 11.4 Å². The molecule has 7 nitrogen and oxygen atoms in total. The molecule has 1 atom stereocenters. The number of hydrogen-bond donors (Lipinski definition) is 1. The number of thiazole rings is 1. The van der Waals surface area contributed by atoms with Crippen LogP contribution in [0.4, 0.5) is 5.95 Å². The summed E-state index contributed by atoms with van der Waals surface area (Å²) in [7, 11) is 0. The van der Waals surface area contributed by atoms with Gasteiger partial charge in [-0.3, -0.25) is 14.9 Å². The number of ether oxygens (including phenoxy) is 1. The Kier molecular flexibility index (Phi) is 4.94. The van der Waals surface area contributed by atoms with Crippen LogP contribution in [-0.4, -0.2) is 32.9 Å². The molecule has 0 spiro atoms. The van der Waals surface area contributed by atoms with Crippen molar-refractivity contribution in [2.24, 2.45) is 0 Å². The lowest BCUT2D eigenvalue weighted by Gasteiger charge is -2.12. The molecule has 0 aliphatic carbocycles. The van der Waals surface area contributed by atoms with Crippen LogP contribution in [-0.2, 0) is 20.7 Å². The number of hydrogen-bond acceptors (Lipinski definition) is 7. The van der Waals surface area contributed by atoms with Crippen molar-refractivity contribution in [3.63, 3.8) is 0 Å². The second-order valence-corrected chi connectivity index (χ2v) is 5.29. The molecule has 0 bridgehead atoms. The first-order chi connectivity index (χ1) is 10.0. The predicted octanol–water partition coefficient (Wildman–Crippen LogP) is 1.35. The van der Waals surface area contributed by atoms with E-state index in [4.69, 9.17) is 4.74 Å². The van der Waals surface area contributed by atoms with Crippen LogP contribution in [0.25, 0.3) is 0 Å². The fourth-order valence-corrected chi connectivity index (χ4v) is 2.12. The molecule has 2 rings (SSSR count). The van der Waals surface area contributed by atoms with Crippen molar-refractivity contribution >= 4 is 29.2 Å². The van der Waals surface area contributed by atoms with Crippen molar-refractivity contribution in [1.82, 2.24) is 15.0 Å². The zero-order valence-corrected chi connectivity index (χ0v) is 12.4. The lowest BCUT2D eigenvalue weighted by Crippen LogP contribution is -2.31. The van der Waals surface area contributed by atoms with Crippen LogP contribution in [0.5, 0.6) is 0 Å². The van der Waals surface area contributed by atoms with Gasteiger partial charge in [-0.05, 0) is 19.9 Å². The van der Waals surface area contributed by atoms with Gasteiger partial charge in [-0.1, -0.05) is 0 Å². The lowest BCUT2D eigenvalue weighted by atomic mass is 10.3. The Balaban J connectivity index is 1.84. The number of amides is 1. The number of carbonyl (C=O) groups is 2. The van der Waals surface area contributed by atoms with E-state index < -0.39 is 18.0 Å². The minimum absolute atomic E-state index is 0.0454. The Bertz CT molecular complexity index is 629. The number of anilines is 1. The number of aryl methyl sites for hydroxylation is 1. The Morgan fingerprint density at radius 2 is 2.10 bits per heavy atom. The van der Waals surface area contributed by atoms with E-state index in [0.717, 1.165) is 5.01 Å². The van der Waals surface area contributed by atoms with Gasteiger partial charge in [0, 0.05) is 17.8 Å². The Hall–Kier alpha value is -2.35. The largest absolute Gasteiger partial charge is 0.452 e. The molecule has 1 amide bonds. The molecule has 0 aromatic carbocycles. The van der Waals surface area contributed by atoms with Gasteiger partial charge in [0.1, 0.15) is 0 Å². The maximum atomic E-state index is 11.8. The fraction of sp³-hybridized carbons (Fsp3) is 0.308. The average Bonchev–Trinajstić information content (AvgIpc) is 2.84. The maximum Gasteiger partial charge on any atom is 0.312 e. The summed E-state index contributed by atoms with van der Waals surface area (Å²) < 4.78 is 5.06. The summed E-state index contributed by atoms with van der Waals surface area (Å²) in [6, 6.07) is 1.63. The zero-order chi connectivity index (χ0) is 15.2. The Labute approximate surface area is 125 Å². The van der Waals surface area contributed by atoms with Gasteiger partial charge in [-0.15, -0.1) is 11.3 Å². The molecule has 2 aromatic rings. The summed E-state index contributed by atoms with van der Waals surface area (Å²) in [6.07, 6.45) is 2.12. The smallest absolute Gasteiger partial charge is 0.312 e. The molecule has 0 aliphatic heterocycles. The van der Waals surface area contributed by atoms with Crippen LogP contribution >= 0.6 is 11.3 Å². The molecule has 1 unspecified atom stereocenters. The van der Waals surface area contributed by atoms with E-state index in [2.05, 4.69) is 20.3 Å². The molecular formula is C13H14N4O3S. The molecule has 1 N–H and O–H groups in total. The third kappa shape index (κ3) is 4.60. The van der Waals surface area contributed by atoms with Crippen LogP contribution in [0, 0.1) is 6.92 Å². The third-order valence-electron chi connectivity index (χ3n) is 2.47. The van der Waals surface area contributed by atoms with Crippen molar-refractivity contribution in [2.75, 3.05) is 5.32 Å². The van der Waals surface area contributed by atoms with Gasteiger partial charge in [0.15, 0.2) is 6.10 Å². The first-order valence-electron chi connectivity index (χ1n) is 6.23. The number of carbonyl (C=O) groups excluding carboxylic acids is 2. The van der Waals surface area contributed by atoms with Gasteiger partial charge in [0.05, 0.1) is 17.1 Å². The summed E-state index contributed by atoms with van der Waals surface area (Å²) >= 11 is 1.46. The second kappa shape index (κ2) is 6.89. The molecule has 0 saturated carbocycles. The highest BCUT2D eigenvalue weighted by molar-refractivity contribution is 7.09. The molecule has 21 heavy (non-hydrogen) atoms. The Morgan fingerprint density at radius 1 is 1.38 bits per heavy atom. The molecule has 0 aliphatic rings. The van der Waals surface area contributed by atoms with Crippen LogP contribution in [0.1, 0.15) is 17.6 Å². The first-order valence-corrected chi connectivity index (χ1v) is 7.11. The van der Waals surface area contributed by atoms with E-state index in [1.807, 2.05) is 6.92 Å². The summed E-state index contributed by atoms with van der Waals surface area (Å²) in [6.45, 7) is 3.35. The van der Waals surface area contributed by atoms with Crippen molar-refractivity contribution in [3.8, 4) is 0 Å². The Morgan fingerprint density at radius 3 is 2.71 bits per heavy atom. The fourth-order valence-electron chi connectivity index (χ4n) is 1.51. The summed E-state index contributed by atoms with van der Waals surface area (Å²) in [5.41, 5.74) is 0.640. The predicted molar refractivity (Wildman–Crippen MR) is 76.8 cm³/mol. The minimum Gasteiger partial charge on any atom is -0.452 e. The van der Waals surface area contributed by atoms with Crippen LogP contribution in [0.2, 0.25) is 0 Å². The molecule has 2 aromatic heterocycles. The topological polar surface area (TPSA) is 94.1 Å². The number of rotatable bonds is 5. The number of nitrogens with one attached hydrogen (secondary N) is 1. The molecule has 0 saturated heterocycles. The quantitative estimate of drug-likeness (QED) is 0.838.